The number of fused-ring (bicyclic) bond motifs is 1. The van der Waals surface area contributed by atoms with Crippen molar-refractivity contribution in [3.8, 4) is 11.5 Å². The molecule has 0 radical (unpaired) electrons. The summed E-state index contributed by atoms with van der Waals surface area (Å²) in [5.74, 6) is -0.429. The highest BCUT2D eigenvalue weighted by Gasteiger charge is 2.36. The highest BCUT2D eigenvalue weighted by molar-refractivity contribution is 5.81. The van der Waals surface area contributed by atoms with Crippen molar-refractivity contribution in [3.63, 3.8) is 0 Å². The molecule has 178 valence electrons. The number of methoxy groups -OCH3 is 2. The van der Waals surface area contributed by atoms with E-state index in [4.69, 9.17) is 15.2 Å². The number of ether oxygens (including phenoxy) is 2. The monoisotopic (exact) mass is 466 g/mol. The second-order valence-corrected chi connectivity index (χ2v) is 8.40. The normalized spacial score (nSPS) is 16.5. The van der Waals surface area contributed by atoms with E-state index in [2.05, 4.69) is 4.90 Å². The first kappa shape index (κ1) is 23.7. The molecular formula is C27H28F2N2O3. The van der Waals surface area contributed by atoms with Gasteiger partial charge < -0.3 is 15.2 Å². The maximum atomic E-state index is 14.4. The van der Waals surface area contributed by atoms with Crippen LogP contribution in [0.2, 0.25) is 0 Å². The second kappa shape index (κ2) is 10.2. The second-order valence-electron chi connectivity index (χ2n) is 8.40. The van der Waals surface area contributed by atoms with Gasteiger partial charge in [-0.05, 0) is 59.7 Å². The molecule has 34 heavy (non-hydrogen) atoms. The number of hydrogen-bond acceptors (Lipinski definition) is 4. The number of rotatable bonds is 8. The molecule has 0 unspecified atom stereocenters. The fourth-order valence-electron chi connectivity index (χ4n) is 4.85. The maximum Gasteiger partial charge on any atom is 0.239 e. The SMILES string of the molecule is COc1cc2c(cc1OC)[C@H](CCc1ccc(F)cc1F)N([C@@H](C(N)=O)c1ccccc1)CC2. The third-order valence-corrected chi connectivity index (χ3v) is 6.46. The molecule has 3 aromatic rings. The molecule has 2 N–H and O–H groups in total. The average Bonchev–Trinajstić information content (AvgIpc) is 2.83. The number of hydrogen-bond donors (Lipinski definition) is 1. The summed E-state index contributed by atoms with van der Waals surface area (Å²) in [5.41, 5.74) is 9.19. The third-order valence-electron chi connectivity index (χ3n) is 6.46. The fraction of sp³-hybridized carbons (Fsp3) is 0.296. The summed E-state index contributed by atoms with van der Waals surface area (Å²) in [6.45, 7) is 0.585. The Labute approximate surface area is 198 Å². The molecular weight excluding hydrogens is 438 g/mol. The molecule has 0 saturated carbocycles. The number of nitrogens with two attached hydrogens (primary N) is 1. The summed E-state index contributed by atoms with van der Waals surface area (Å²) in [7, 11) is 3.16. The van der Waals surface area contributed by atoms with Crippen LogP contribution in [0.15, 0.2) is 60.7 Å². The summed E-state index contributed by atoms with van der Waals surface area (Å²) < 4.78 is 38.8. The number of carbonyl (C=O) groups excluding carboxylic acids is 1. The third kappa shape index (κ3) is 4.75. The Hall–Kier alpha value is -3.45. The molecule has 5 nitrogen and oxygen atoms in total. The molecule has 1 amide bonds. The summed E-state index contributed by atoms with van der Waals surface area (Å²) in [6, 6.07) is 16.0. The van der Waals surface area contributed by atoms with Gasteiger partial charge in [-0.2, -0.15) is 0 Å². The van der Waals surface area contributed by atoms with E-state index >= 15 is 0 Å². The topological polar surface area (TPSA) is 64.8 Å². The predicted molar refractivity (Wildman–Crippen MR) is 126 cm³/mol. The standard InChI is InChI=1S/C27H28F2N2O3/c1-33-24-14-19-12-13-31(26(27(30)32)18-6-4-3-5-7-18)23(21(19)16-25(24)34-2)11-9-17-8-10-20(28)15-22(17)29/h3-8,10,14-16,23,26H,9,11-13H2,1-2H3,(H2,30,32)/t23-,26+/m0/s1. The lowest BCUT2D eigenvalue weighted by atomic mass is 9.86. The summed E-state index contributed by atoms with van der Waals surface area (Å²) >= 11 is 0. The maximum absolute atomic E-state index is 14.4. The van der Waals surface area contributed by atoms with Crippen LogP contribution in [-0.4, -0.2) is 31.6 Å². The van der Waals surface area contributed by atoms with Gasteiger partial charge in [0.25, 0.3) is 0 Å². The van der Waals surface area contributed by atoms with E-state index in [1.807, 2.05) is 42.5 Å². The molecule has 0 aromatic heterocycles. The molecule has 2 atom stereocenters. The molecule has 0 fully saturated rings. The van der Waals surface area contributed by atoms with Gasteiger partial charge in [0, 0.05) is 18.7 Å². The average molecular weight is 467 g/mol. The first-order valence-electron chi connectivity index (χ1n) is 11.2. The molecule has 1 heterocycles. The van der Waals surface area contributed by atoms with Crippen molar-refractivity contribution in [1.29, 1.82) is 0 Å². The molecule has 0 saturated heterocycles. The zero-order valence-electron chi connectivity index (χ0n) is 19.3. The Kier molecular flexibility index (Phi) is 7.12. The van der Waals surface area contributed by atoms with Crippen LogP contribution in [-0.2, 0) is 17.6 Å². The van der Waals surface area contributed by atoms with Crippen LogP contribution < -0.4 is 15.2 Å². The molecule has 1 aliphatic rings. The van der Waals surface area contributed by atoms with Crippen LogP contribution in [0, 0.1) is 11.6 Å². The van der Waals surface area contributed by atoms with Crippen molar-refractivity contribution in [2.24, 2.45) is 5.73 Å². The highest BCUT2D eigenvalue weighted by Crippen LogP contribution is 2.43. The zero-order chi connectivity index (χ0) is 24.2. The van der Waals surface area contributed by atoms with Crippen molar-refractivity contribution in [3.05, 3.63) is 94.6 Å². The number of aryl methyl sites for hydroxylation is 1. The van der Waals surface area contributed by atoms with Gasteiger partial charge in [-0.1, -0.05) is 36.4 Å². The lowest BCUT2D eigenvalue weighted by Gasteiger charge is -2.41. The van der Waals surface area contributed by atoms with Crippen LogP contribution >= 0.6 is 0 Å². The lowest BCUT2D eigenvalue weighted by molar-refractivity contribution is -0.124. The predicted octanol–water partition coefficient (Wildman–Crippen LogP) is 4.74. The van der Waals surface area contributed by atoms with Crippen LogP contribution in [0.25, 0.3) is 0 Å². The summed E-state index contributed by atoms with van der Waals surface area (Å²) in [5, 5.41) is 0. The molecule has 0 aliphatic carbocycles. The number of halogens is 2. The Balaban J connectivity index is 1.76. The number of nitrogens with zero attached hydrogens (tertiary/aromatic N) is 1. The number of carbonyl (C=O) groups is 1. The van der Waals surface area contributed by atoms with E-state index in [9.17, 15) is 13.6 Å². The lowest BCUT2D eigenvalue weighted by Crippen LogP contribution is -2.44. The number of benzene rings is 3. The van der Waals surface area contributed by atoms with Gasteiger partial charge >= 0.3 is 0 Å². The van der Waals surface area contributed by atoms with Gasteiger partial charge in [0.05, 0.1) is 14.2 Å². The van der Waals surface area contributed by atoms with Gasteiger partial charge in [0.15, 0.2) is 11.5 Å². The Morgan fingerprint density at radius 2 is 1.76 bits per heavy atom. The first-order valence-corrected chi connectivity index (χ1v) is 11.2. The van der Waals surface area contributed by atoms with Crippen molar-refractivity contribution < 1.29 is 23.0 Å². The van der Waals surface area contributed by atoms with Gasteiger partial charge in [0.1, 0.15) is 17.7 Å². The molecule has 7 heteroatoms. The summed E-state index contributed by atoms with van der Waals surface area (Å²) in [4.78, 5) is 14.8. The smallest absolute Gasteiger partial charge is 0.239 e. The van der Waals surface area contributed by atoms with Gasteiger partial charge in [-0.3, -0.25) is 9.69 Å². The minimum Gasteiger partial charge on any atom is -0.493 e. The van der Waals surface area contributed by atoms with E-state index < -0.39 is 23.6 Å². The van der Waals surface area contributed by atoms with Crippen LogP contribution in [0.3, 0.4) is 0 Å². The van der Waals surface area contributed by atoms with Crippen molar-refractivity contribution >= 4 is 5.91 Å². The minimum atomic E-state index is -0.648. The molecule has 4 rings (SSSR count). The van der Waals surface area contributed by atoms with E-state index in [0.29, 0.717) is 42.9 Å². The largest absolute Gasteiger partial charge is 0.493 e. The molecule has 1 aliphatic heterocycles. The molecule has 0 bridgehead atoms. The van der Waals surface area contributed by atoms with Crippen molar-refractivity contribution in [1.82, 2.24) is 4.90 Å². The number of primary amides is 1. The van der Waals surface area contributed by atoms with Crippen molar-refractivity contribution in [2.75, 3.05) is 20.8 Å². The van der Waals surface area contributed by atoms with Crippen LogP contribution in [0.1, 0.15) is 40.8 Å². The van der Waals surface area contributed by atoms with Crippen LogP contribution in [0.5, 0.6) is 11.5 Å². The van der Waals surface area contributed by atoms with Crippen molar-refractivity contribution in [2.45, 2.75) is 31.3 Å². The number of amides is 1. The summed E-state index contributed by atoms with van der Waals surface area (Å²) in [6.07, 6.45) is 1.55. The van der Waals surface area contributed by atoms with E-state index in [1.54, 1.807) is 14.2 Å². The Bertz CT molecular complexity index is 1170. The first-order chi connectivity index (χ1) is 16.4. The van der Waals surface area contributed by atoms with Gasteiger partial charge in [-0.25, -0.2) is 8.78 Å². The zero-order valence-corrected chi connectivity index (χ0v) is 19.3. The quantitative estimate of drug-likeness (QED) is 0.521. The Morgan fingerprint density at radius 3 is 2.41 bits per heavy atom. The van der Waals surface area contributed by atoms with E-state index in [-0.39, 0.29) is 6.04 Å². The van der Waals surface area contributed by atoms with Gasteiger partial charge in [0.2, 0.25) is 5.91 Å². The van der Waals surface area contributed by atoms with Gasteiger partial charge in [-0.15, -0.1) is 0 Å². The highest BCUT2D eigenvalue weighted by atomic mass is 19.1. The molecule has 0 spiro atoms. The fourth-order valence-corrected chi connectivity index (χ4v) is 4.85. The van der Waals surface area contributed by atoms with E-state index in [0.717, 1.165) is 22.8 Å². The van der Waals surface area contributed by atoms with E-state index in [1.165, 1.54) is 12.1 Å². The molecule has 3 aromatic carbocycles. The minimum absolute atomic E-state index is 0.245. The Morgan fingerprint density at radius 1 is 1.06 bits per heavy atom. The van der Waals surface area contributed by atoms with Crippen LogP contribution in [0.4, 0.5) is 8.78 Å².